The van der Waals surface area contributed by atoms with Gasteiger partial charge in [0.2, 0.25) is 0 Å². The van der Waals surface area contributed by atoms with Crippen LogP contribution in [0.2, 0.25) is 0 Å². The Kier molecular flexibility index (Phi) is 7.23. The van der Waals surface area contributed by atoms with Crippen LogP contribution in [0, 0.1) is 6.92 Å². The van der Waals surface area contributed by atoms with E-state index in [2.05, 4.69) is 187 Å². The summed E-state index contributed by atoms with van der Waals surface area (Å²) in [5, 5.41) is 5.13. The standard InChI is InChI=1S/C52H32Ge2N2/c1-31-55-48-29-13-26-43(52(48)56(31)32-14-3-2-4-15-32)49-37-20-9-18-33(39-22-11-24-41-35-16-5-7-27-46(35)53-50(39)41)44(37)30-45-34(19-10-21-38(45)49)40-23-12-25-42-36-17-6-8-28-47(36)54-51(40)42/h2-30H,1H3. The second kappa shape index (κ2) is 12.5. The Bertz CT molecular complexity index is 3110. The molecule has 258 valence electrons. The van der Waals surface area contributed by atoms with Crippen LogP contribution in [0.1, 0.15) is 5.82 Å². The molecule has 2 aliphatic rings. The number of hydrogen-bond donors (Lipinski definition) is 0. The molecule has 4 heteroatoms. The Morgan fingerprint density at radius 2 is 0.839 bits per heavy atom. The van der Waals surface area contributed by atoms with Crippen molar-refractivity contribution in [3.05, 3.63) is 182 Å². The van der Waals surface area contributed by atoms with E-state index in [9.17, 15) is 0 Å². The minimum atomic E-state index is -0.490. The van der Waals surface area contributed by atoms with E-state index in [1.54, 1.807) is 8.79 Å². The van der Waals surface area contributed by atoms with Gasteiger partial charge in [-0.15, -0.1) is 0 Å². The second-order valence-corrected chi connectivity index (χ2v) is 20.3. The fourth-order valence-corrected chi connectivity index (χ4v) is 15.8. The van der Waals surface area contributed by atoms with Crippen LogP contribution in [-0.2, 0) is 0 Å². The molecule has 9 aromatic carbocycles. The van der Waals surface area contributed by atoms with Crippen molar-refractivity contribution in [3.8, 4) is 61.3 Å². The van der Waals surface area contributed by atoms with Gasteiger partial charge in [0.1, 0.15) is 0 Å². The van der Waals surface area contributed by atoms with Crippen LogP contribution in [0.15, 0.2) is 176 Å². The topological polar surface area (TPSA) is 17.8 Å². The quantitative estimate of drug-likeness (QED) is 0.128. The number of fused-ring (bicyclic) bond motifs is 9. The van der Waals surface area contributed by atoms with Crippen LogP contribution in [-0.4, -0.2) is 40.4 Å². The normalized spacial score (nSPS) is 12.6. The van der Waals surface area contributed by atoms with Gasteiger partial charge >= 0.3 is 335 Å². The Morgan fingerprint density at radius 3 is 1.43 bits per heavy atom. The van der Waals surface area contributed by atoms with Crippen LogP contribution in [0.4, 0.5) is 0 Å². The number of benzene rings is 9. The third-order valence-corrected chi connectivity index (χ3v) is 18.1. The Balaban J connectivity index is 1.20. The Morgan fingerprint density at radius 1 is 0.393 bits per heavy atom. The van der Waals surface area contributed by atoms with E-state index in [-0.39, 0.29) is 0 Å². The van der Waals surface area contributed by atoms with Gasteiger partial charge in [0, 0.05) is 0 Å². The summed E-state index contributed by atoms with van der Waals surface area (Å²) in [4.78, 5) is 5.16. The zero-order valence-electron chi connectivity index (χ0n) is 30.6. The molecule has 0 saturated carbocycles. The molecule has 0 atom stereocenters. The van der Waals surface area contributed by atoms with E-state index >= 15 is 0 Å². The van der Waals surface area contributed by atoms with Crippen molar-refractivity contribution in [2.45, 2.75) is 6.92 Å². The van der Waals surface area contributed by atoms with Crippen LogP contribution in [0.3, 0.4) is 0 Å². The average molecular weight is 830 g/mol. The zero-order valence-corrected chi connectivity index (χ0v) is 34.8. The molecule has 3 heterocycles. The Hall–Kier alpha value is -5.94. The van der Waals surface area contributed by atoms with Crippen molar-refractivity contribution < 1.29 is 0 Å². The molecule has 12 rings (SSSR count). The number of imidazole rings is 1. The molecule has 0 saturated heterocycles. The molecule has 0 spiro atoms. The predicted molar refractivity (Wildman–Crippen MR) is 238 cm³/mol. The predicted octanol–water partition coefficient (Wildman–Crippen LogP) is 9.91. The van der Waals surface area contributed by atoms with Crippen molar-refractivity contribution in [2.75, 3.05) is 0 Å². The van der Waals surface area contributed by atoms with Gasteiger partial charge in [-0.25, -0.2) is 0 Å². The summed E-state index contributed by atoms with van der Waals surface area (Å²) < 4.78 is 8.49. The first-order chi connectivity index (χ1) is 27.7. The van der Waals surface area contributed by atoms with Gasteiger partial charge in [0.25, 0.3) is 0 Å². The summed E-state index contributed by atoms with van der Waals surface area (Å²) >= 11 is -0.981. The first-order valence-corrected chi connectivity index (χ1v) is 23.4. The zero-order chi connectivity index (χ0) is 36.9. The summed E-state index contributed by atoms with van der Waals surface area (Å²) in [6.07, 6.45) is 0. The molecule has 56 heavy (non-hydrogen) atoms. The molecule has 0 unspecified atom stereocenters. The van der Waals surface area contributed by atoms with E-state index in [0.717, 1.165) is 22.5 Å². The third kappa shape index (κ3) is 4.73. The fourth-order valence-electron chi connectivity index (χ4n) is 9.46. The minimum absolute atomic E-state index is 0.490. The first kappa shape index (κ1) is 32.3. The Labute approximate surface area is 338 Å². The maximum atomic E-state index is 5.16. The number of rotatable bonds is 4. The summed E-state index contributed by atoms with van der Waals surface area (Å²) in [7, 11) is 0. The van der Waals surface area contributed by atoms with E-state index < -0.39 is 30.9 Å². The maximum absolute atomic E-state index is 5.16. The van der Waals surface area contributed by atoms with Crippen molar-refractivity contribution in [2.24, 2.45) is 0 Å². The first-order valence-electron chi connectivity index (χ1n) is 19.2. The van der Waals surface area contributed by atoms with Gasteiger partial charge in [-0.1, -0.05) is 6.07 Å². The van der Waals surface area contributed by atoms with Crippen molar-refractivity contribution >= 4 is 81.0 Å². The molecule has 0 fully saturated rings. The van der Waals surface area contributed by atoms with Crippen LogP contribution >= 0.6 is 0 Å². The second-order valence-electron chi connectivity index (χ2n) is 14.9. The van der Waals surface area contributed by atoms with Gasteiger partial charge in [0.05, 0.1) is 0 Å². The van der Waals surface area contributed by atoms with Crippen molar-refractivity contribution in [1.29, 1.82) is 0 Å². The van der Waals surface area contributed by atoms with Crippen molar-refractivity contribution in [1.82, 2.24) is 9.55 Å². The van der Waals surface area contributed by atoms with Gasteiger partial charge in [-0.05, 0) is 0 Å². The molecule has 2 nitrogen and oxygen atoms in total. The molecule has 0 aliphatic carbocycles. The number of hydrogen-bond acceptors (Lipinski definition) is 1. The molecule has 0 N–H and O–H groups in total. The van der Waals surface area contributed by atoms with Gasteiger partial charge in [0.15, 0.2) is 0 Å². The summed E-state index contributed by atoms with van der Waals surface area (Å²) in [5.74, 6) is 0.984. The summed E-state index contributed by atoms with van der Waals surface area (Å²) in [5.41, 5.74) is 16.8. The van der Waals surface area contributed by atoms with E-state index in [0.29, 0.717) is 0 Å². The molecule has 1 aromatic heterocycles. The number of para-hydroxylation sites is 2. The van der Waals surface area contributed by atoms with E-state index in [4.69, 9.17) is 4.98 Å². The third-order valence-electron chi connectivity index (χ3n) is 11.8. The van der Waals surface area contributed by atoms with Gasteiger partial charge < -0.3 is 0 Å². The molecular weight excluding hydrogens is 798 g/mol. The number of aryl methyl sites for hydroxylation is 1. The molecule has 2 aliphatic heterocycles. The monoisotopic (exact) mass is 832 g/mol. The molecular formula is C52H32Ge2N2. The summed E-state index contributed by atoms with van der Waals surface area (Å²) in [6.45, 7) is 2.13. The average Bonchev–Trinajstić information content (AvgIpc) is 3.93. The van der Waals surface area contributed by atoms with Crippen LogP contribution in [0.25, 0.3) is 93.9 Å². The van der Waals surface area contributed by atoms with E-state index in [1.807, 2.05) is 0 Å². The van der Waals surface area contributed by atoms with Crippen LogP contribution in [0.5, 0.6) is 0 Å². The molecule has 0 bridgehead atoms. The van der Waals surface area contributed by atoms with Crippen LogP contribution < -0.4 is 17.6 Å². The number of nitrogens with zero attached hydrogens (tertiary/aromatic N) is 2. The van der Waals surface area contributed by atoms with Gasteiger partial charge in [-0.2, -0.15) is 0 Å². The molecule has 10 aromatic rings. The van der Waals surface area contributed by atoms with E-state index in [1.165, 1.54) is 86.0 Å². The SMILES string of the molecule is Cc1nc2cccc(-c3c4cccc(-c5cccc6[c]5[Ge][c]5ccccc5-6)c4cc4c(-c5cccc6[c]5[Ge][c]5ccccc5-6)cccc34)c2n1-c1ccccc1. The molecule has 4 radical (unpaired) electrons. The van der Waals surface area contributed by atoms with Gasteiger partial charge in [-0.3, -0.25) is 0 Å². The number of aromatic nitrogens is 2. The molecule has 0 amide bonds. The summed E-state index contributed by atoms with van der Waals surface area (Å²) in [6, 6.07) is 66.0. The van der Waals surface area contributed by atoms with Crippen molar-refractivity contribution in [3.63, 3.8) is 0 Å². The fraction of sp³-hybridized carbons (Fsp3) is 0.0192.